The number of rotatable bonds is 5. The standard InChI is InChI=1S/C21H20F2N2O2/c1-12-10-17(14-6-8-18(27-3)21(23)20(14)22)25-16-7-4-13(11-15(12)16)5-9-19(26)24-2/h4,6-8,10-11H,5,9H2,1-3H3,(H,24,26). The van der Waals surface area contributed by atoms with Crippen LogP contribution in [-0.2, 0) is 11.2 Å². The number of methoxy groups -OCH3 is 1. The molecule has 0 radical (unpaired) electrons. The van der Waals surface area contributed by atoms with Gasteiger partial charge < -0.3 is 10.1 Å². The van der Waals surface area contributed by atoms with E-state index in [-0.39, 0.29) is 17.2 Å². The van der Waals surface area contributed by atoms with Gasteiger partial charge in [0, 0.05) is 24.4 Å². The molecule has 0 spiro atoms. The fourth-order valence-corrected chi connectivity index (χ4v) is 3.00. The maximum Gasteiger partial charge on any atom is 0.220 e. The minimum absolute atomic E-state index is 0.0164. The predicted octanol–water partition coefficient (Wildman–Crippen LogP) is 4.18. The van der Waals surface area contributed by atoms with Gasteiger partial charge in [-0.1, -0.05) is 6.07 Å². The van der Waals surface area contributed by atoms with Crippen LogP contribution in [0.2, 0.25) is 0 Å². The van der Waals surface area contributed by atoms with Crippen LogP contribution in [0.4, 0.5) is 8.78 Å². The number of carbonyl (C=O) groups excluding carboxylic acids is 1. The highest BCUT2D eigenvalue weighted by Crippen LogP contribution is 2.31. The van der Waals surface area contributed by atoms with Gasteiger partial charge in [-0.25, -0.2) is 9.37 Å². The first-order valence-electron chi connectivity index (χ1n) is 8.57. The van der Waals surface area contributed by atoms with Crippen LogP contribution in [0, 0.1) is 18.6 Å². The molecular weight excluding hydrogens is 350 g/mol. The first-order chi connectivity index (χ1) is 12.9. The van der Waals surface area contributed by atoms with Crippen LogP contribution in [0.25, 0.3) is 22.2 Å². The molecule has 0 aliphatic carbocycles. The van der Waals surface area contributed by atoms with Crippen molar-refractivity contribution >= 4 is 16.8 Å². The van der Waals surface area contributed by atoms with E-state index >= 15 is 0 Å². The molecule has 0 aliphatic heterocycles. The number of carbonyl (C=O) groups is 1. The molecule has 27 heavy (non-hydrogen) atoms. The summed E-state index contributed by atoms with van der Waals surface area (Å²) >= 11 is 0. The van der Waals surface area contributed by atoms with E-state index in [1.807, 2.05) is 25.1 Å². The van der Waals surface area contributed by atoms with Gasteiger partial charge in [-0.2, -0.15) is 4.39 Å². The third kappa shape index (κ3) is 3.74. The van der Waals surface area contributed by atoms with Crippen LogP contribution in [0.5, 0.6) is 5.75 Å². The summed E-state index contributed by atoms with van der Waals surface area (Å²) in [4.78, 5) is 15.9. The molecule has 3 aromatic rings. The molecule has 0 saturated heterocycles. The second kappa shape index (κ2) is 7.70. The molecule has 0 saturated carbocycles. The van der Waals surface area contributed by atoms with Gasteiger partial charge in [0.05, 0.1) is 18.3 Å². The number of aryl methyl sites for hydroxylation is 2. The molecule has 4 nitrogen and oxygen atoms in total. The van der Waals surface area contributed by atoms with E-state index in [0.717, 1.165) is 16.5 Å². The van der Waals surface area contributed by atoms with E-state index in [4.69, 9.17) is 4.74 Å². The van der Waals surface area contributed by atoms with Gasteiger partial charge in [-0.05, 0) is 54.8 Å². The highest BCUT2D eigenvalue weighted by molar-refractivity contribution is 5.86. The molecule has 1 amide bonds. The Morgan fingerprint density at radius 1 is 1.15 bits per heavy atom. The van der Waals surface area contributed by atoms with Crippen molar-refractivity contribution < 1.29 is 18.3 Å². The van der Waals surface area contributed by atoms with Crippen molar-refractivity contribution in [3.63, 3.8) is 0 Å². The molecular formula is C21H20F2N2O2. The van der Waals surface area contributed by atoms with Gasteiger partial charge in [-0.3, -0.25) is 4.79 Å². The Balaban J connectivity index is 2.01. The van der Waals surface area contributed by atoms with Crippen molar-refractivity contribution in [2.24, 2.45) is 0 Å². The van der Waals surface area contributed by atoms with Crippen LogP contribution >= 0.6 is 0 Å². The van der Waals surface area contributed by atoms with Crippen LogP contribution in [0.1, 0.15) is 17.5 Å². The lowest BCUT2D eigenvalue weighted by molar-refractivity contribution is -0.120. The number of amides is 1. The van der Waals surface area contributed by atoms with Gasteiger partial charge in [0.1, 0.15) is 0 Å². The number of fused-ring (bicyclic) bond motifs is 1. The van der Waals surface area contributed by atoms with Crippen molar-refractivity contribution in [1.29, 1.82) is 0 Å². The number of hydrogen-bond donors (Lipinski definition) is 1. The Labute approximate surface area is 156 Å². The highest BCUT2D eigenvalue weighted by Gasteiger charge is 2.17. The van der Waals surface area contributed by atoms with Crippen molar-refractivity contribution in [1.82, 2.24) is 10.3 Å². The molecule has 0 unspecified atom stereocenters. The van der Waals surface area contributed by atoms with Crippen LogP contribution in [0.15, 0.2) is 36.4 Å². The number of halogens is 2. The average molecular weight is 370 g/mol. The number of nitrogens with zero attached hydrogens (tertiary/aromatic N) is 1. The smallest absolute Gasteiger partial charge is 0.220 e. The molecule has 0 fully saturated rings. The second-order valence-corrected chi connectivity index (χ2v) is 6.29. The molecule has 6 heteroatoms. The Kier molecular flexibility index (Phi) is 5.35. The minimum atomic E-state index is -1.03. The quantitative estimate of drug-likeness (QED) is 0.733. The summed E-state index contributed by atoms with van der Waals surface area (Å²) in [7, 11) is 2.90. The fraction of sp³-hybridized carbons (Fsp3) is 0.238. The van der Waals surface area contributed by atoms with E-state index in [2.05, 4.69) is 10.3 Å². The monoisotopic (exact) mass is 370 g/mol. The summed E-state index contributed by atoms with van der Waals surface area (Å²) in [5, 5.41) is 3.52. The summed E-state index contributed by atoms with van der Waals surface area (Å²) in [6, 6.07) is 10.3. The largest absolute Gasteiger partial charge is 0.494 e. The summed E-state index contributed by atoms with van der Waals surface area (Å²) in [5.41, 5.74) is 3.04. The first-order valence-corrected chi connectivity index (χ1v) is 8.57. The van der Waals surface area contributed by atoms with Crippen molar-refractivity contribution in [3.05, 3.63) is 59.2 Å². The number of benzene rings is 2. The normalized spacial score (nSPS) is 10.9. The van der Waals surface area contributed by atoms with E-state index in [0.29, 0.717) is 24.1 Å². The number of pyridine rings is 1. The number of ether oxygens (including phenoxy) is 1. The zero-order valence-corrected chi connectivity index (χ0v) is 15.4. The molecule has 140 valence electrons. The summed E-state index contributed by atoms with van der Waals surface area (Å²) < 4.78 is 33.2. The topological polar surface area (TPSA) is 51.2 Å². The van der Waals surface area contributed by atoms with E-state index in [9.17, 15) is 13.6 Å². The first kappa shape index (κ1) is 18.8. The van der Waals surface area contributed by atoms with Crippen molar-refractivity contribution in [2.75, 3.05) is 14.2 Å². The summed E-state index contributed by atoms with van der Waals surface area (Å²) in [6.45, 7) is 1.90. The predicted molar refractivity (Wildman–Crippen MR) is 101 cm³/mol. The van der Waals surface area contributed by atoms with E-state index < -0.39 is 11.6 Å². The Morgan fingerprint density at radius 3 is 2.63 bits per heavy atom. The van der Waals surface area contributed by atoms with Gasteiger partial charge >= 0.3 is 0 Å². The second-order valence-electron chi connectivity index (χ2n) is 6.29. The third-order valence-electron chi connectivity index (χ3n) is 4.54. The van der Waals surface area contributed by atoms with Crippen LogP contribution < -0.4 is 10.1 Å². The van der Waals surface area contributed by atoms with Crippen LogP contribution in [0.3, 0.4) is 0 Å². The average Bonchev–Trinajstić information content (AvgIpc) is 2.68. The van der Waals surface area contributed by atoms with Crippen LogP contribution in [-0.4, -0.2) is 25.0 Å². The molecule has 1 N–H and O–H groups in total. The Morgan fingerprint density at radius 2 is 1.93 bits per heavy atom. The number of aromatic nitrogens is 1. The molecule has 1 aromatic heterocycles. The zero-order chi connectivity index (χ0) is 19.6. The maximum atomic E-state index is 14.4. The minimum Gasteiger partial charge on any atom is -0.494 e. The van der Waals surface area contributed by atoms with Gasteiger partial charge in [0.15, 0.2) is 11.6 Å². The van der Waals surface area contributed by atoms with Crippen molar-refractivity contribution in [3.8, 4) is 17.0 Å². The van der Waals surface area contributed by atoms with Crippen molar-refractivity contribution in [2.45, 2.75) is 19.8 Å². The molecule has 1 heterocycles. The summed E-state index contributed by atoms with van der Waals surface area (Å²) in [5.74, 6) is -2.17. The molecule has 3 rings (SSSR count). The van der Waals surface area contributed by atoms with Gasteiger partial charge in [0.2, 0.25) is 11.7 Å². The molecule has 0 aliphatic rings. The number of nitrogens with one attached hydrogen (secondary N) is 1. The molecule has 0 atom stereocenters. The molecule has 0 bridgehead atoms. The fourth-order valence-electron chi connectivity index (χ4n) is 3.00. The summed E-state index contributed by atoms with van der Waals surface area (Å²) in [6.07, 6.45) is 1.03. The Bertz CT molecular complexity index is 1020. The van der Waals surface area contributed by atoms with Gasteiger partial charge in [0.25, 0.3) is 0 Å². The Hall–Kier alpha value is -3.02. The maximum absolute atomic E-state index is 14.4. The SMILES string of the molecule is CNC(=O)CCc1ccc2nc(-c3ccc(OC)c(F)c3F)cc(C)c2c1. The highest BCUT2D eigenvalue weighted by atomic mass is 19.2. The zero-order valence-electron chi connectivity index (χ0n) is 15.4. The van der Waals surface area contributed by atoms with E-state index in [1.54, 1.807) is 13.1 Å². The third-order valence-corrected chi connectivity index (χ3v) is 4.54. The van der Waals surface area contributed by atoms with E-state index in [1.165, 1.54) is 19.2 Å². The number of hydrogen-bond acceptors (Lipinski definition) is 3. The van der Waals surface area contributed by atoms with Gasteiger partial charge in [-0.15, -0.1) is 0 Å². The molecule has 2 aromatic carbocycles. The lowest BCUT2D eigenvalue weighted by atomic mass is 10.0. The lowest BCUT2D eigenvalue weighted by Gasteiger charge is -2.11. The lowest BCUT2D eigenvalue weighted by Crippen LogP contribution is -2.17.